The van der Waals surface area contributed by atoms with Gasteiger partial charge in [0, 0.05) is 6.07 Å². The number of rotatable bonds is 7. The molecule has 4 aromatic rings. The van der Waals surface area contributed by atoms with Crippen molar-refractivity contribution >= 4 is 32.9 Å². The third kappa shape index (κ3) is 4.74. The van der Waals surface area contributed by atoms with Crippen molar-refractivity contribution in [1.82, 2.24) is 0 Å². The first-order valence-corrected chi connectivity index (χ1v) is 11.6. The Morgan fingerprint density at radius 1 is 0.861 bits per heavy atom. The third-order valence-electron chi connectivity index (χ3n) is 5.48. The molecule has 186 valence electrons. The molecular weight excluding hydrogens is 532 g/mol. The van der Waals surface area contributed by atoms with E-state index in [1.807, 2.05) is 32.0 Å². The fourth-order valence-electron chi connectivity index (χ4n) is 3.59. The second-order valence-corrected chi connectivity index (χ2v) is 8.65. The van der Waals surface area contributed by atoms with E-state index in [4.69, 9.17) is 28.1 Å². The Morgan fingerprint density at radius 3 is 2.31 bits per heavy atom. The number of fused-ring (bicyclic) bond motifs is 1. The SMILES string of the molecule is COc1cc(C(=O)Oc2ccc3c(=O)c(Oc4cc(C)ccc4C)coc3c2)c(Br)c(OC)c1OC. The molecular formula is C27H23BrO8. The molecule has 0 amide bonds. The second-order valence-electron chi connectivity index (χ2n) is 7.85. The average molecular weight is 555 g/mol. The Bertz CT molecular complexity index is 1520. The molecule has 0 spiro atoms. The number of aryl methyl sites for hydroxylation is 2. The normalized spacial score (nSPS) is 10.7. The van der Waals surface area contributed by atoms with Gasteiger partial charge < -0.3 is 28.1 Å². The van der Waals surface area contributed by atoms with Crippen LogP contribution in [0.2, 0.25) is 0 Å². The largest absolute Gasteiger partial charge is 0.493 e. The van der Waals surface area contributed by atoms with Crippen LogP contribution in [-0.2, 0) is 0 Å². The van der Waals surface area contributed by atoms with Crippen molar-refractivity contribution in [3.8, 4) is 34.5 Å². The number of ether oxygens (including phenoxy) is 5. The Hall–Kier alpha value is -3.98. The van der Waals surface area contributed by atoms with Crippen molar-refractivity contribution in [2.75, 3.05) is 21.3 Å². The number of carbonyl (C=O) groups excluding carboxylic acids is 1. The molecule has 0 aliphatic heterocycles. The number of halogens is 1. The lowest BCUT2D eigenvalue weighted by Crippen LogP contribution is -2.11. The van der Waals surface area contributed by atoms with Gasteiger partial charge >= 0.3 is 5.97 Å². The van der Waals surface area contributed by atoms with Crippen molar-refractivity contribution in [1.29, 1.82) is 0 Å². The predicted octanol–water partition coefficient (Wildman–Crippen LogP) is 6.21. The maximum Gasteiger partial charge on any atom is 0.344 e. The van der Waals surface area contributed by atoms with Crippen LogP contribution in [0.5, 0.6) is 34.5 Å². The first-order chi connectivity index (χ1) is 17.3. The minimum absolute atomic E-state index is 0.0577. The van der Waals surface area contributed by atoms with Crippen LogP contribution in [0, 0.1) is 13.8 Å². The van der Waals surface area contributed by atoms with Gasteiger partial charge in [0.1, 0.15) is 23.3 Å². The summed E-state index contributed by atoms with van der Waals surface area (Å²) in [6.07, 6.45) is 1.24. The summed E-state index contributed by atoms with van der Waals surface area (Å²) in [7, 11) is 4.36. The molecule has 0 saturated carbocycles. The van der Waals surface area contributed by atoms with E-state index >= 15 is 0 Å². The lowest BCUT2D eigenvalue weighted by Gasteiger charge is -2.16. The number of hydrogen-bond donors (Lipinski definition) is 0. The Kier molecular flexibility index (Phi) is 7.21. The molecule has 3 aromatic carbocycles. The molecule has 0 fully saturated rings. The van der Waals surface area contributed by atoms with Crippen molar-refractivity contribution in [2.24, 2.45) is 0 Å². The molecule has 0 atom stereocenters. The van der Waals surface area contributed by atoms with Gasteiger partial charge in [-0.15, -0.1) is 0 Å². The molecule has 4 rings (SSSR count). The molecule has 1 heterocycles. The van der Waals surface area contributed by atoms with Crippen LogP contribution < -0.4 is 29.1 Å². The summed E-state index contributed by atoms with van der Waals surface area (Å²) in [4.78, 5) is 26.0. The standard InChI is InChI=1S/C27H23BrO8/c1-14-6-7-15(2)19(10-14)36-22-13-34-20-11-16(8-9-17(20)24(22)29)35-27(30)18-12-21(31-3)25(32-4)26(33-5)23(18)28/h6-13H,1-5H3. The topological polar surface area (TPSA) is 93.4 Å². The molecule has 0 unspecified atom stereocenters. The van der Waals surface area contributed by atoms with Gasteiger partial charge in [0.2, 0.25) is 16.9 Å². The van der Waals surface area contributed by atoms with Crippen LogP contribution >= 0.6 is 15.9 Å². The Labute approximate surface area is 215 Å². The minimum atomic E-state index is -0.683. The molecule has 9 heteroatoms. The molecule has 1 aromatic heterocycles. The van der Waals surface area contributed by atoms with Crippen LogP contribution in [0.25, 0.3) is 11.0 Å². The summed E-state index contributed by atoms with van der Waals surface area (Å²) in [5.41, 5.74) is 1.94. The van der Waals surface area contributed by atoms with Gasteiger partial charge in [0.05, 0.1) is 36.8 Å². The lowest BCUT2D eigenvalue weighted by atomic mass is 10.1. The average Bonchev–Trinajstić information content (AvgIpc) is 2.87. The third-order valence-corrected chi connectivity index (χ3v) is 6.27. The second kappa shape index (κ2) is 10.3. The van der Waals surface area contributed by atoms with Crippen LogP contribution in [0.15, 0.2) is 62.4 Å². The number of hydrogen-bond acceptors (Lipinski definition) is 8. The van der Waals surface area contributed by atoms with Gasteiger partial charge in [0.15, 0.2) is 11.5 Å². The molecule has 0 aliphatic rings. The molecule has 0 radical (unpaired) electrons. The first-order valence-electron chi connectivity index (χ1n) is 10.8. The van der Waals surface area contributed by atoms with E-state index in [1.165, 1.54) is 51.9 Å². The monoisotopic (exact) mass is 554 g/mol. The van der Waals surface area contributed by atoms with Crippen molar-refractivity contribution in [3.63, 3.8) is 0 Å². The highest BCUT2D eigenvalue weighted by Gasteiger charge is 2.24. The predicted molar refractivity (Wildman–Crippen MR) is 137 cm³/mol. The number of esters is 1. The molecule has 0 N–H and O–H groups in total. The fraction of sp³-hybridized carbons (Fsp3) is 0.185. The van der Waals surface area contributed by atoms with Gasteiger partial charge in [-0.1, -0.05) is 12.1 Å². The summed E-state index contributed by atoms with van der Waals surface area (Å²) in [6.45, 7) is 3.83. The zero-order valence-electron chi connectivity index (χ0n) is 20.3. The number of methoxy groups -OCH3 is 3. The summed E-state index contributed by atoms with van der Waals surface area (Å²) >= 11 is 3.37. The van der Waals surface area contributed by atoms with Crippen LogP contribution in [0.1, 0.15) is 21.5 Å². The Morgan fingerprint density at radius 2 is 1.61 bits per heavy atom. The van der Waals surface area contributed by atoms with Gasteiger partial charge in [-0.05, 0) is 65.2 Å². The van der Waals surface area contributed by atoms with E-state index in [0.29, 0.717) is 21.7 Å². The van der Waals surface area contributed by atoms with E-state index in [-0.39, 0.29) is 39.2 Å². The van der Waals surface area contributed by atoms with Gasteiger partial charge in [-0.3, -0.25) is 4.79 Å². The molecule has 0 aliphatic carbocycles. The zero-order valence-corrected chi connectivity index (χ0v) is 21.8. The number of benzene rings is 3. The summed E-state index contributed by atoms with van der Waals surface area (Å²) < 4.78 is 33.4. The Balaban J connectivity index is 1.64. The number of carbonyl (C=O) groups is 1. The van der Waals surface area contributed by atoms with E-state index in [0.717, 1.165) is 11.1 Å². The van der Waals surface area contributed by atoms with Crippen LogP contribution in [0.3, 0.4) is 0 Å². The lowest BCUT2D eigenvalue weighted by molar-refractivity contribution is 0.0733. The van der Waals surface area contributed by atoms with Gasteiger partial charge in [0.25, 0.3) is 0 Å². The van der Waals surface area contributed by atoms with E-state index in [1.54, 1.807) is 0 Å². The van der Waals surface area contributed by atoms with Crippen molar-refractivity contribution in [3.05, 3.63) is 80.1 Å². The van der Waals surface area contributed by atoms with E-state index in [2.05, 4.69) is 15.9 Å². The van der Waals surface area contributed by atoms with Crippen molar-refractivity contribution < 1.29 is 32.9 Å². The summed E-state index contributed by atoms with van der Waals surface area (Å²) in [5.74, 6) is 1.03. The highest BCUT2D eigenvalue weighted by atomic mass is 79.9. The van der Waals surface area contributed by atoms with E-state index in [9.17, 15) is 9.59 Å². The summed E-state index contributed by atoms with van der Waals surface area (Å²) in [6, 6.07) is 11.7. The smallest absolute Gasteiger partial charge is 0.344 e. The van der Waals surface area contributed by atoms with Crippen LogP contribution in [0.4, 0.5) is 0 Å². The minimum Gasteiger partial charge on any atom is -0.493 e. The maximum absolute atomic E-state index is 13.0. The zero-order chi connectivity index (χ0) is 26.0. The van der Waals surface area contributed by atoms with Crippen molar-refractivity contribution in [2.45, 2.75) is 13.8 Å². The fourth-order valence-corrected chi connectivity index (χ4v) is 4.21. The molecule has 8 nitrogen and oxygen atoms in total. The quantitative estimate of drug-likeness (QED) is 0.196. The highest BCUT2D eigenvalue weighted by molar-refractivity contribution is 9.10. The van der Waals surface area contributed by atoms with E-state index < -0.39 is 5.97 Å². The van der Waals surface area contributed by atoms with Gasteiger partial charge in [-0.2, -0.15) is 0 Å². The molecule has 36 heavy (non-hydrogen) atoms. The van der Waals surface area contributed by atoms with Crippen LogP contribution in [-0.4, -0.2) is 27.3 Å². The first kappa shape index (κ1) is 25.1. The molecule has 0 bridgehead atoms. The molecule has 0 saturated heterocycles. The summed E-state index contributed by atoms with van der Waals surface area (Å²) in [5, 5.41) is 0.284. The highest BCUT2D eigenvalue weighted by Crippen LogP contribution is 2.45. The van der Waals surface area contributed by atoms with Gasteiger partial charge in [-0.25, -0.2) is 4.79 Å². The maximum atomic E-state index is 13.0.